The highest BCUT2D eigenvalue weighted by molar-refractivity contribution is 8.00. The zero-order valence-corrected chi connectivity index (χ0v) is 18.2. The highest BCUT2D eigenvalue weighted by Gasteiger charge is 2.23. The summed E-state index contributed by atoms with van der Waals surface area (Å²) < 4.78 is 15.9. The molecule has 1 heterocycles. The van der Waals surface area contributed by atoms with Crippen LogP contribution < -0.4 is 14.8 Å². The lowest BCUT2D eigenvalue weighted by Crippen LogP contribution is -2.41. The van der Waals surface area contributed by atoms with Gasteiger partial charge in [-0.25, -0.2) is 0 Å². The van der Waals surface area contributed by atoms with Gasteiger partial charge in [-0.3, -0.25) is 9.59 Å². The first-order chi connectivity index (χ1) is 14.5. The Hall–Kier alpha value is -2.71. The van der Waals surface area contributed by atoms with E-state index in [1.165, 1.54) is 11.8 Å². The van der Waals surface area contributed by atoms with Crippen molar-refractivity contribution in [3.63, 3.8) is 0 Å². The first-order valence-corrected chi connectivity index (χ1v) is 10.6. The largest absolute Gasteiger partial charge is 0.493 e. The van der Waals surface area contributed by atoms with E-state index in [1.54, 1.807) is 43.4 Å². The highest BCUT2D eigenvalue weighted by atomic mass is 32.2. The Morgan fingerprint density at radius 2 is 1.77 bits per heavy atom. The van der Waals surface area contributed by atoms with Crippen LogP contribution in [0.3, 0.4) is 0 Å². The Morgan fingerprint density at radius 3 is 2.47 bits per heavy atom. The quantitative estimate of drug-likeness (QED) is 0.680. The van der Waals surface area contributed by atoms with E-state index < -0.39 is 0 Å². The lowest BCUT2D eigenvalue weighted by Gasteiger charge is -2.27. The van der Waals surface area contributed by atoms with E-state index in [1.807, 2.05) is 25.1 Å². The summed E-state index contributed by atoms with van der Waals surface area (Å²) in [5, 5.41) is 2.53. The monoisotopic (exact) mass is 430 g/mol. The number of anilines is 1. The zero-order valence-electron chi connectivity index (χ0n) is 17.3. The number of hydrogen-bond acceptors (Lipinski definition) is 6. The molecule has 0 aliphatic carbocycles. The maximum absolute atomic E-state index is 12.9. The van der Waals surface area contributed by atoms with Crippen LogP contribution >= 0.6 is 11.8 Å². The maximum Gasteiger partial charge on any atom is 0.256 e. The lowest BCUT2D eigenvalue weighted by atomic mass is 10.1. The van der Waals surface area contributed by atoms with E-state index >= 15 is 0 Å². The number of benzene rings is 2. The van der Waals surface area contributed by atoms with Crippen molar-refractivity contribution in [2.45, 2.75) is 17.1 Å². The molecule has 1 fully saturated rings. The van der Waals surface area contributed by atoms with Crippen LogP contribution in [0.5, 0.6) is 11.5 Å². The van der Waals surface area contributed by atoms with E-state index in [-0.39, 0.29) is 17.1 Å². The molecule has 1 saturated heterocycles. The summed E-state index contributed by atoms with van der Waals surface area (Å²) in [6.45, 7) is 3.97. The number of para-hydroxylation sites is 1. The summed E-state index contributed by atoms with van der Waals surface area (Å²) in [7, 11) is 3.15. The first kappa shape index (κ1) is 22.0. The van der Waals surface area contributed by atoms with Gasteiger partial charge in [0.2, 0.25) is 5.91 Å². The van der Waals surface area contributed by atoms with E-state index in [2.05, 4.69) is 5.32 Å². The molecular formula is C22H26N2O5S. The van der Waals surface area contributed by atoms with Crippen LogP contribution in [-0.4, -0.2) is 62.5 Å². The minimum atomic E-state index is -0.380. The predicted molar refractivity (Wildman–Crippen MR) is 117 cm³/mol. The topological polar surface area (TPSA) is 77.1 Å². The average molecular weight is 431 g/mol. The van der Waals surface area contributed by atoms with E-state index in [0.29, 0.717) is 49.1 Å². The molecule has 0 unspecified atom stereocenters. The molecule has 1 aliphatic rings. The summed E-state index contributed by atoms with van der Waals surface area (Å²) >= 11 is 1.40. The number of rotatable bonds is 7. The van der Waals surface area contributed by atoms with Gasteiger partial charge in [-0.2, -0.15) is 0 Å². The van der Waals surface area contributed by atoms with Crippen molar-refractivity contribution < 1.29 is 23.8 Å². The highest BCUT2D eigenvalue weighted by Crippen LogP contribution is 2.34. The Balaban J connectivity index is 1.69. The van der Waals surface area contributed by atoms with Crippen molar-refractivity contribution >= 4 is 29.3 Å². The van der Waals surface area contributed by atoms with E-state index in [4.69, 9.17) is 14.2 Å². The van der Waals surface area contributed by atoms with Gasteiger partial charge in [-0.15, -0.1) is 11.8 Å². The van der Waals surface area contributed by atoms with Crippen molar-refractivity contribution in [1.29, 1.82) is 0 Å². The molecule has 0 saturated carbocycles. The van der Waals surface area contributed by atoms with Crippen molar-refractivity contribution in [2.24, 2.45) is 0 Å². The lowest BCUT2D eigenvalue weighted by molar-refractivity contribution is -0.115. The normalized spacial score (nSPS) is 14.7. The smallest absolute Gasteiger partial charge is 0.256 e. The molecule has 30 heavy (non-hydrogen) atoms. The average Bonchev–Trinajstić information content (AvgIpc) is 2.79. The number of morpholine rings is 1. The van der Waals surface area contributed by atoms with Crippen LogP contribution in [0.1, 0.15) is 17.3 Å². The molecule has 0 bridgehead atoms. The van der Waals surface area contributed by atoms with Crippen LogP contribution in [0, 0.1) is 0 Å². The van der Waals surface area contributed by atoms with Gasteiger partial charge in [-0.1, -0.05) is 12.1 Å². The van der Waals surface area contributed by atoms with Crippen LogP contribution in [0.4, 0.5) is 5.69 Å². The van der Waals surface area contributed by atoms with Crippen molar-refractivity contribution in [2.75, 3.05) is 45.8 Å². The maximum atomic E-state index is 12.9. The second-order valence-electron chi connectivity index (χ2n) is 6.72. The molecule has 7 nitrogen and oxygen atoms in total. The second kappa shape index (κ2) is 10.4. The van der Waals surface area contributed by atoms with E-state index in [9.17, 15) is 9.59 Å². The Morgan fingerprint density at radius 1 is 1.07 bits per heavy atom. The third-order valence-corrected chi connectivity index (χ3v) is 5.84. The molecule has 2 amide bonds. The number of carbonyl (C=O) groups excluding carboxylic acids is 2. The SMILES string of the molecule is COc1ccc(S[C@@H](C)C(=O)Nc2ccccc2C(=O)N2CCOCC2)cc1OC. The van der Waals surface area contributed by atoms with Gasteiger partial charge in [0.15, 0.2) is 11.5 Å². The Labute approximate surface area is 180 Å². The molecule has 0 spiro atoms. The number of hydrogen-bond donors (Lipinski definition) is 1. The summed E-state index contributed by atoms with van der Waals surface area (Å²) in [6, 6.07) is 12.6. The van der Waals surface area contributed by atoms with Crippen molar-refractivity contribution in [3.05, 3.63) is 48.0 Å². The third-order valence-electron chi connectivity index (χ3n) is 4.75. The molecule has 3 rings (SSSR count). The molecule has 160 valence electrons. The Kier molecular flexibility index (Phi) is 7.59. The van der Waals surface area contributed by atoms with Gasteiger partial charge in [0.05, 0.1) is 43.9 Å². The number of amides is 2. The number of ether oxygens (including phenoxy) is 3. The molecule has 2 aromatic rings. The van der Waals surface area contributed by atoms with Crippen molar-refractivity contribution in [1.82, 2.24) is 4.90 Å². The van der Waals surface area contributed by atoms with Gasteiger partial charge >= 0.3 is 0 Å². The zero-order chi connectivity index (χ0) is 21.5. The number of carbonyl (C=O) groups is 2. The molecular weight excluding hydrogens is 404 g/mol. The molecule has 1 aliphatic heterocycles. The van der Waals surface area contributed by atoms with Gasteiger partial charge in [-0.05, 0) is 37.3 Å². The van der Waals surface area contributed by atoms with Gasteiger partial charge in [0.25, 0.3) is 5.91 Å². The molecule has 1 atom stereocenters. The molecule has 8 heteroatoms. The molecule has 0 aromatic heterocycles. The summed E-state index contributed by atoms with van der Waals surface area (Å²) in [4.78, 5) is 28.3. The number of nitrogens with zero attached hydrogens (tertiary/aromatic N) is 1. The number of thioether (sulfide) groups is 1. The molecule has 0 radical (unpaired) electrons. The fourth-order valence-electron chi connectivity index (χ4n) is 3.10. The summed E-state index contributed by atoms with van der Waals surface area (Å²) in [6.07, 6.45) is 0. The fraction of sp³-hybridized carbons (Fsp3) is 0.364. The summed E-state index contributed by atoms with van der Waals surface area (Å²) in [5.74, 6) is 0.956. The van der Waals surface area contributed by atoms with Crippen LogP contribution in [0.25, 0.3) is 0 Å². The number of nitrogens with one attached hydrogen (secondary N) is 1. The van der Waals surface area contributed by atoms with Gasteiger partial charge in [0.1, 0.15) is 0 Å². The van der Waals surface area contributed by atoms with Crippen molar-refractivity contribution in [3.8, 4) is 11.5 Å². The minimum absolute atomic E-state index is 0.102. The van der Waals surface area contributed by atoms with Crippen LogP contribution in [0.15, 0.2) is 47.4 Å². The van der Waals surface area contributed by atoms with Crippen LogP contribution in [-0.2, 0) is 9.53 Å². The number of methoxy groups -OCH3 is 2. The minimum Gasteiger partial charge on any atom is -0.493 e. The van der Waals surface area contributed by atoms with Gasteiger partial charge in [0, 0.05) is 18.0 Å². The predicted octanol–water partition coefficient (Wildman–Crippen LogP) is 3.30. The third kappa shape index (κ3) is 5.25. The van der Waals surface area contributed by atoms with Gasteiger partial charge < -0.3 is 24.4 Å². The standard InChI is InChI=1S/C22H26N2O5S/c1-15(30-16-8-9-19(27-2)20(14-16)28-3)21(25)23-18-7-5-4-6-17(18)22(26)24-10-12-29-13-11-24/h4-9,14-15H,10-13H2,1-3H3,(H,23,25)/t15-/m0/s1. The molecule has 2 aromatic carbocycles. The van der Waals surface area contributed by atoms with Crippen LogP contribution in [0.2, 0.25) is 0 Å². The fourth-order valence-corrected chi connectivity index (χ4v) is 3.99. The molecule has 1 N–H and O–H groups in total. The Bertz CT molecular complexity index is 899. The first-order valence-electron chi connectivity index (χ1n) is 9.69. The second-order valence-corrected chi connectivity index (χ2v) is 8.13. The summed E-state index contributed by atoms with van der Waals surface area (Å²) in [5.41, 5.74) is 0.995. The van der Waals surface area contributed by atoms with E-state index in [0.717, 1.165) is 4.90 Å².